The molecule has 7 heteroatoms. The van der Waals surface area contributed by atoms with Crippen LogP contribution < -0.4 is 10.2 Å². The fourth-order valence-corrected chi connectivity index (χ4v) is 4.80. The number of piperidine rings is 1. The zero-order chi connectivity index (χ0) is 21.7. The number of benzene rings is 2. The van der Waals surface area contributed by atoms with Gasteiger partial charge in [0, 0.05) is 25.8 Å². The maximum atomic E-state index is 12.7. The van der Waals surface area contributed by atoms with Gasteiger partial charge in [-0.3, -0.25) is 4.79 Å². The number of carbonyl (C=O) groups is 1. The molecule has 30 heavy (non-hydrogen) atoms. The van der Waals surface area contributed by atoms with Gasteiger partial charge in [0.1, 0.15) is 0 Å². The molecule has 1 N–H and O–H groups in total. The third-order valence-electron chi connectivity index (χ3n) is 5.59. The van der Waals surface area contributed by atoms with Crippen LogP contribution in [0.4, 0.5) is 5.69 Å². The van der Waals surface area contributed by atoms with Crippen LogP contribution in [0.25, 0.3) is 0 Å². The van der Waals surface area contributed by atoms with Gasteiger partial charge in [0.15, 0.2) is 0 Å². The van der Waals surface area contributed by atoms with Gasteiger partial charge in [0.25, 0.3) is 0 Å². The van der Waals surface area contributed by atoms with E-state index in [2.05, 4.69) is 22.3 Å². The smallest absolute Gasteiger partial charge is 0.243 e. The van der Waals surface area contributed by atoms with Crippen LogP contribution >= 0.6 is 0 Å². The highest BCUT2D eigenvalue weighted by Crippen LogP contribution is 2.22. The predicted molar refractivity (Wildman–Crippen MR) is 120 cm³/mol. The number of sulfonamides is 1. The highest BCUT2D eigenvalue weighted by atomic mass is 32.2. The Balaban J connectivity index is 1.57. The van der Waals surface area contributed by atoms with Crippen molar-refractivity contribution in [3.8, 4) is 0 Å². The minimum absolute atomic E-state index is 0.185. The van der Waals surface area contributed by atoms with Crippen LogP contribution in [-0.2, 0) is 14.8 Å². The summed E-state index contributed by atoms with van der Waals surface area (Å²) in [6, 6.07) is 14.7. The van der Waals surface area contributed by atoms with Gasteiger partial charge in [-0.25, -0.2) is 8.42 Å². The second-order valence-electron chi connectivity index (χ2n) is 8.00. The molecule has 3 rings (SSSR count). The molecule has 0 radical (unpaired) electrons. The first kappa shape index (κ1) is 22.3. The number of hydrogen-bond donors (Lipinski definition) is 1. The molecule has 0 aromatic heterocycles. The summed E-state index contributed by atoms with van der Waals surface area (Å²) >= 11 is 0. The van der Waals surface area contributed by atoms with E-state index in [0.29, 0.717) is 0 Å². The highest BCUT2D eigenvalue weighted by Gasteiger charge is 2.23. The number of hydrogen-bond acceptors (Lipinski definition) is 4. The minimum atomic E-state index is -3.70. The van der Waals surface area contributed by atoms with E-state index in [0.717, 1.165) is 28.5 Å². The lowest BCUT2D eigenvalue weighted by Gasteiger charge is -2.29. The normalized spacial score (nSPS) is 15.8. The number of nitrogens with one attached hydrogen (secondary N) is 1. The first-order chi connectivity index (χ1) is 14.3. The number of anilines is 1. The molecule has 1 aliphatic rings. The third kappa shape index (κ3) is 5.40. The third-order valence-corrected chi connectivity index (χ3v) is 7.40. The largest absolute Gasteiger partial charge is 0.372 e. The Kier molecular flexibility index (Phi) is 7.15. The fourth-order valence-electron chi connectivity index (χ4n) is 3.67. The molecular weight excluding hydrogens is 398 g/mol. The molecule has 6 nitrogen and oxygen atoms in total. The number of rotatable bonds is 7. The highest BCUT2D eigenvalue weighted by molar-refractivity contribution is 7.89. The van der Waals surface area contributed by atoms with Crippen LogP contribution in [0.5, 0.6) is 0 Å². The van der Waals surface area contributed by atoms with Gasteiger partial charge >= 0.3 is 0 Å². The van der Waals surface area contributed by atoms with E-state index in [1.54, 1.807) is 24.3 Å². The van der Waals surface area contributed by atoms with Crippen LogP contribution in [0.3, 0.4) is 0 Å². The second kappa shape index (κ2) is 9.62. The van der Waals surface area contributed by atoms with Crippen molar-refractivity contribution in [3.63, 3.8) is 0 Å². The van der Waals surface area contributed by atoms with Crippen LogP contribution in [-0.4, -0.2) is 45.3 Å². The van der Waals surface area contributed by atoms with Gasteiger partial charge in [-0.2, -0.15) is 4.31 Å². The molecule has 1 aliphatic heterocycles. The molecular formula is C23H31N3O3S. The Hall–Kier alpha value is -2.38. The summed E-state index contributed by atoms with van der Waals surface area (Å²) in [4.78, 5) is 15.0. The lowest BCUT2D eigenvalue weighted by molar-refractivity contribution is -0.121. The summed E-state index contributed by atoms with van der Waals surface area (Å²) in [6.45, 7) is 5.75. The van der Waals surface area contributed by atoms with E-state index >= 15 is 0 Å². The summed E-state index contributed by atoms with van der Waals surface area (Å²) in [6.07, 6.45) is 3.76. The molecule has 2 aromatic rings. The van der Waals surface area contributed by atoms with Gasteiger partial charge in [-0.05, 0) is 62.9 Å². The summed E-state index contributed by atoms with van der Waals surface area (Å²) in [5, 5.41) is 2.90. The number of nitrogens with zero attached hydrogens (tertiary/aromatic N) is 2. The molecule has 0 bridgehead atoms. The van der Waals surface area contributed by atoms with Crippen molar-refractivity contribution in [1.82, 2.24) is 9.62 Å². The average Bonchev–Trinajstić information content (AvgIpc) is 2.74. The van der Waals surface area contributed by atoms with Gasteiger partial charge in [-0.15, -0.1) is 0 Å². The van der Waals surface area contributed by atoms with Gasteiger partial charge in [0.05, 0.1) is 17.5 Å². The predicted octanol–water partition coefficient (Wildman–Crippen LogP) is 3.48. The molecule has 1 fully saturated rings. The quantitative estimate of drug-likeness (QED) is 0.732. The summed E-state index contributed by atoms with van der Waals surface area (Å²) in [5.41, 5.74) is 3.18. The van der Waals surface area contributed by atoms with Crippen molar-refractivity contribution >= 4 is 21.6 Å². The Morgan fingerprint density at radius 2 is 1.63 bits per heavy atom. The van der Waals surface area contributed by atoms with Crippen LogP contribution in [0.2, 0.25) is 0 Å². The van der Waals surface area contributed by atoms with Crippen molar-refractivity contribution in [2.24, 2.45) is 0 Å². The zero-order valence-corrected chi connectivity index (χ0v) is 18.8. The van der Waals surface area contributed by atoms with Crippen molar-refractivity contribution in [2.75, 3.05) is 31.6 Å². The maximum absolute atomic E-state index is 12.7. The molecule has 162 valence electrons. The van der Waals surface area contributed by atoms with Crippen molar-refractivity contribution in [3.05, 3.63) is 59.7 Å². The maximum Gasteiger partial charge on any atom is 0.243 e. The molecule has 0 unspecified atom stereocenters. The monoisotopic (exact) mass is 429 g/mol. The number of aryl methyl sites for hydroxylation is 1. The molecule has 1 atom stereocenters. The molecule has 1 amide bonds. The van der Waals surface area contributed by atoms with Crippen LogP contribution in [0.15, 0.2) is 53.4 Å². The van der Waals surface area contributed by atoms with E-state index in [1.807, 2.05) is 26.0 Å². The zero-order valence-electron chi connectivity index (χ0n) is 18.0. The molecule has 2 aromatic carbocycles. The Morgan fingerprint density at radius 3 is 2.23 bits per heavy atom. The van der Waals surface area contributed by atoms with Crippen LogP contribution in [0.1, 0.15) is 43.4 Å². The minimum Gasteiger partial charge on any atom is -0.372 e. The van der Waals surface area contributed by atoms with Crippen LogP contribution in [0, 0.1) is 6.92 Å². The SMILES string of the molecule is Cc1ccc(S(=O)(=O)N(C)CC(=O)N[C@@H](C)c2ccc(N3CCCCC3)cc2)cc1. The lowest BCUT2D eigenvalue weighted by atomic mass is 10.1. The van der Waals surface area contributed by atoms with Gasteiger partial charge in [-0.1, -0.05) is 29.8 Å². The van der Waals surface area contributed by atoms with Crippen molar-refractivity contribution < 1.29 is 13.2 Å². The van der Waals surface area contributed by atoms with Gasteiger partial charge in [0.2, 0.25) is 15.9 Å². The Labute approximate surface area is 179 Å². The molecule has 1 heterocycles. The molecule has 0 saturated carbocycles. The molecule has 0 aliphatic carbocycles. The van der Waals surface area contributed by atoms with E-state index in [4.69, 9.17) is 0 Å². The number of likely N-dealkylation sites (N-methyl/N-ethyl adjacent to an activating group) is 1. The average molecular weight is 430 g/mol. The van der Waals surface area contributed by atoms with E-state index in [9.17, 15) is 13.2 Å². The lowest BCUT2D eigenvalue weighted by Crippen LogP contribution is -2.39. The van der Waals surface area contributed by atoms with E-state index in [1.165, 1.54) is 32.0 Å². The first-order valence-corrected chi connectivity index (χ1v) is 11.9. The fraction of sp³-hybridized carbons (Fsp3) is 0.435. The number of amides is 1. The van der Waals surface area contributed by atoms with Crippen molar-refractivity contribution in [2.45, 2.75) is 44.0 Å². The summed E-state index contributed by atoms with van der Waals surface area (Å²) in [7, 11) is -2.28. The summed E-state index contributed by atoms with van der Waals surface area (Å²) in [5.74, 6) is -0.333. The van der Waals surface area contributed by atoms with E-state index < -0.39 is 10.0 Å². The van der Waals surface area contributed by atoms with E-state index in [-0.39, 0.29) is 23.4 Å². The Morgan fingerprint density at radius 1 is 1.03 bits per heavy atom. The molecule has 0 spiro atoms. The Bertz CT molecular complexity index is 950. The first-order valence-electron chi connectivity index (χ1n) is 10.4. The summed E-state index contributed by atoms with van der Waals surface area (Å²) < 4.78 is 26.4. The topological polar surface area (TPSA) is 69.7 Å². The van der Waals surface area contributed by atoms with Crippen molar-refractivity contribution in [1.29, 1.82) is 0 Å². The second-order valence-corrected chi connectivity index (χ2v) is 10.0. The van der Waals surface area contributed by atoms with Gasteiger partial charge < -0.3 is 10.2 Å². The standard InChI is InChI=1S/C23H31N3O3S/c1-18-7-13-22(14-8-18)30(28,29)25(3)17-23(27)24-19(2)20-9-11-21(12-10-20)26-15-5-4-6-16-26/h7-14,19H,4-6,15-17H2,1-3H3,(H,24,27)/t19-/m0/s1. The molecule has 1 saturated heterocycles. The number of carbonyl (C=O) groups excluding carboxylic acids is 1.